The van der Waals surface area contributed by atoms with Gasteiger partial charge in [0.05, 0.1) is 23.6 Å². The maximum absolute atomic E-state index is 12.2. The average molecular weight is 336 g/mol. The first-order valence-electron chi connectivity index (χ1n) is 7.43. The number of carbonyl (C=O) groups is 1. The number of carbonyl (C=O) groups excluding carboxylic acids is 1. The van der Waals surface area contributed by atoms with Gasteiger partial charge in [-0.15, -0.1) is 0 Å². The van der Waals surface area contributed by atoms with Gasteiger partial charge >= 0.3 is 6.09 Å². The van der Waals surface area contributed by atoms with Gasteiger partial charge in [-0.3, -0.25) is 15.0 Å². The van der Waals surface area contributed by atoms with E-state index in [1.165, 1.54) is 29.2 Å². The largest absolute Gasteiger partial charge is 0.445 e. The van der Waals surface area contributed by atoms with Crippen molar-refractivity contribution in [3.63, 3.8) is 0 Å². The first-order valence-corrected chi connectivity index (χ1v) is 7.43. The molecule has 1 aliphatic heterocycles. The number of hydrogen-bond donors (Lipinski definition) is 1. The fraction of sp³-hybridized carbons (Fsp3) is 0.467. The number of nitrogens with zero attached hydrogens (tertiary/aromatic N) is 4. The number of nitro groups is 1. The van der Waals surface area contributed by atoms with Crippen molar-refractivity contribution in [2.75, 3.05) is 20.6 Å². The zero-order valence-electron chi connectivity index (χ0n) is 13.5. The summed E-state index contributed by atoms with van der Waals surface area (Å²) in [5.41, 5.74) is 0.625. The van der Waals surface area contributed by atoms with E-state index in [0.717, 1.165) is 0 Å². The summed E-state index contributed by atoms with van der Waals surface area (Å²) in [5.74, 6) is 0. The lowest BCUT2D eigenvalue weighted by Crippen LogP contribution is -2.37. The van der Waals surface area contributed by atoms with Crippen molar-refractivity contribution in [2.24, 2.45) is 5.10 Å². The SMILES string of the molecule is CN(C)N=CC1CC(O)CN1C(=O)OCc1ccc([N+](=O)[O-])cc1. The predicted octanol–water partition coefficient (Wildman–Crippen LogP) is 1.21. The highest BCUT2D eigenvalue weighted by Gasteiger charge is 2.34. The van der Waals surface area contributed by atoms with E-state index in [1.54, 1.807) is 25.3 Å². The second kappa shape index (κ2) is 7.73. The van der Waals surface area contributed by atoms with Crippen molar-refractivity contribution in [2.45, 2.75) is 25.2 Å². The number of hydrazone groups is 1. The Bertz CT molecular complexity index is 617. The maximum Gasteiger partial charge on any atom is 0.410 e. The predicted molar refractivity (Wildman–Crippen MR) is 86.6 cm³/mol. The van der Waals surface area contributed by atoms with Gasteiger partial charge in [0, 0.05) is 38.9 Å². The number of amides is 1. The summed E-state index contributed by atoms with van der Waals surface area (Å²) in [4.78, 5) is 23.7. The molecule has 9 nitrogen and oxygen atoms in total. The van der Waals surface area contributed by atoms with Crippen LogP contribution in [0.15, 0.2) is 29.4 Å². The molecule has 1 saturated heterocycles. The Labute approximate surface area is 139 Å². The van der Waals surface area contributed by atoms with Gasteiger partial charge < -0.3 is 14.9 Å². The topological polar surface area (TPSA) is 109 Å². The zero-order chi connectivity index (χ0) is 17.7. The summed E-state index contributed by atoms with van der Waals surface area (Å²) < 4.78 is 5.23. The normalized spacial score (nSPS) is 20.4. The first-order chi connectivity index (χ1) is 11.4. The number of nitro benzene ring substituents is 1. The van der Waals surface area contributed by atoms with Crippen LogP contribution in [0.25, 0.3) is 0 Å². The minimum Gasteiger partial charge on any atom is -0.445 e. The second-order valence-corrected chi connectivity index (χ2v) is 5.70. The molecular formula is C15H20N4O5. The molecule has 24 heavy (non-hydrogen) atoms. The summed E-state index contributed by atoms with van der Waals surface area (Å²) in [5, 5.41) is 26.1. The van der Waals surface area contributed by atoms with Crippen LogP contribution in [0.3, 0.4) is 0 Å². The van der Waals surface area contributed by atoms with Gasteiger partial charge in [0.15, 0.2) is 0 Å². The minimum absolute atomic E-state index is 0.000959. The van der Waals surface area contributed by atoms with Crippen molar-refractivity contribution in [3.8, 4) is 0 Å². The van der Waals surface area contributed by atoms with Crippen LogP contribution >= 0.6 is 0 Å². The van der Waals surface area contributed by atoms with Crippen molar-refractivity contribution in [1.29, 1.82) is 0 Å². The number of aliphatic hydroxyl groups is 1. The molecule has 1 aromatic rings. The molecule has 1 aliphatic rings. The quantitative estimate of drug-likeness (QED) is 0.492. The summed E-state index contributed by atoms with van der Waals surface area (Å²) in [6.07, 6.45) is 0.837. The highest BCUT2D eigenvalue weighted by Crippen LogP contribution is 2.19. The highest BCUT2D eigenvalue weighted by atomic mass is 16.6. The van der Waals surface area contributed by atoms with Crippen molar-refractivity contribution >= 4 is 18.0 Å². The standard InChI is InChI=1S/C15H20N4O5/c1-17(2)16-8-13-7-14(20)9-18(13)15(21)24-10-11-3-5-12(6-4-11)19(22)23/h3-6,8,13-14,20H,7,9-10H2,1-2H3. The zero-order valence-corrected chi connectivity index (χ0v) is 13.5. The van der Waals surface area contributed by atoms with Crippen LogP contribution in [0.1, 0.15) is 12.0 Å². The molecule has 1 heterocycles. The number of ether oxygens (including phenoxy) is 1. The number of hydrogen-bond acceptors (Lipinski definition) is 7. The van der Waals surface area contributed by atoms with Crippen LogP contribution in [0.4, 0.5) is 10.5 Å². The summed E-state index contributed by atoms with van der Waals surface area (Å²) in [6.45, 7) is 0.185. The third-order valence-electron chi connectivity index (χ3n) is 3.54. The lowest BCUT2D eigenvalue weighted by Gasteiger charge is -2.21. The Balaban J connectivity index is 1.94. The van der Waals surface area contributed by atoms with Gasteiger partial charge in [-0.25, -0.2) is 4.79 Å². The molecule has 0 bridgehead atoms. The van der Waals surface area contributed by atoms with Crippen LogP contribution in [0, 0.1) is 10.1 Å². The Morgan fingerprint density at radius 3 is 2.75 bits per heavy atom. The van der Waals surface area contributed by atoms with Gasteiger partial charge in [0.1, 0.15) is 6.61 Å². The first kappa shape index (κ1) is 17.7. The monoisotopic (exact) mass is 336 g/mol. The van der Waals surface area contributed by atoms with E-state index < -0.39 is 17.1 Å². The van der Waals surface area contributed by atoms with Gasteiger partial charge in [0.25, 0.3) is 5.69 Å². The van der Waals surface area contributed by atoms with Gasteiger partial charge in [-0.2, -0.15) is 5.10 Å². The highest BCUT2D eigenvalue weighted by molar-refractivity contribution is 5.76. The molecule has 2 atom stereocenters. The van der Waals surface area contributed by atoms with E-state index in [-0.39, 0.29) is 24.9 Å². The van der Waals surface area contributed by atoms with E-state index in [4.69, 9.17) is 4.74 Å². The molecular weight excluding hydrogens is 316 g/mol. The molecule has 1 amide bonds. The second-order valence-electron chi connectivity index (χ2n) is 5.70. The molecule has 2 rings (SSSR count). The fourth-order valence-corrected chi connectivity index (χ4v) is 2.35. The van der Waals surface area contributed by atoms with E-state index in [1.807, 2.05) is 0 Å². The van der Waals surface area contributed by atoms with Crippen LogP contribution < -0.4 is 0 Å². The number of benzene rings is 1. The van der Waals surface area contributed by atoms with Crippen molar-refractivity contribution in [3.05, 3.63) is 39.9 Å². The lowest BCUT2D eigenvalue weighted by molar-refractivity contribution is -0.384. The summed E-state index contributed by atoms with van der Waals surface area (Å²) in [6, 6.07) is 5.46. The molecule has 9 heteroatoms. The number of rotatable bonds is 5. The van der Waals surface area contributed by atoms with E-state index in [0.29, 0.717) is 12.0 Å². The number of β-amino-alcohol motifs (C(OH)–C–C–N with tert-alkyl or cyclic N) is 1. The molecule has 0 spiro atoms. The Morgan fingerprint density at radius 1 is 1.50 bits per heavy atom. The van der Waals surface area contributed by atoms with Crippen LogP contribution in [-0.2, 0) is 11.3 Å². The fourth-order valence-electron chi connectivity index (χ4n) is 2.35. The Morgan fingerprint density at radius 2 is 2.17 bits per heavy atom. The van der Waals surface area contributed by atoms with Crippen LogP contribution in [0.5, 0.6) is 0 Å². The van der Waals surface area contributed by atoms with E-state index in [2.05, 4.69) is 5.10 Å². The Hall–Kier alpha value is -2.68. The van der Waals surface area contributed by atoms with Crippen molar-refractivity contribution < 1.29 is 19.6 Å². The third kappa shape index (κ3) is 4.66. The van der Waals surface area contributed by atoms with Crippen LogP contribution in [0.2, 0.25) is 0 Å². The smallest absolute Gasteiger partial charge is 0.410 e. The van der Waals surface area contributed by atoms with Gasteiger partial charge in [-0.05, 0) is 17.7 Å². The molecule has 130 valence electrons. The molecule has 0 aliphatic carbocycles. The number of aliphatic hydroxyl groups excluding tert-OH is 1. The lowest BCUT2D eigenvalue weighted by atomic mass is 10.2. The summed E-state index contributed by atoms with van der Waals surface area (Å²) >= 11 is 0. The van der Waals surface area contributed by atoms with Crippen LogP contribution in [-0.4, -0.2) is 65.0 Å². The molecule has 0 aromatic heterocycles. The molecule has 1 aromatic carbocycles. The molecule has 1 N–H and O–H groups in total. The third-order valence-corrected chi connectivity index (χ3v) is 3.54. The molecule has 2 unspecified atom stereocenters. The van der Waals surface area contributed by atoms with Gasteiger partial charge in [0.2, 0.25) is 0 Å². The average Bonchev–Trinajstić information content (AvgIpc) is 2.92. The van der Waals surface area contributed by atoms with E-state index in [9.17, 15) is 20.0 Å². The molecule has 0 saturated carbocycles. The summed E-state index contributed by atoms with van der Waals surface area (Å²) in [7, 11) is 3.53. The van der Waals surface area contributed by atoms with E-state index >= 15 is 0 Å². The van der Waals surface area contributed by atoms with Gasteiger partial charge in [-0.1, -0.05) is 0 Å². The molecule has 1 fully saturated rings. The number of likely N-dealkylation sites (tertiary alicyclic amines) is 1. The molecule has 0 radical (unpaired) electrons. The minimum atomic E-state index is -0.615. The maximum atomic E-state index is 12.2. The van der Waals surface area contributed by atoms with Crippen molar-refractivity contribution in [1.82, 2.24) is 9.91 Å². The Kier molecular flexibility index (Phi) is 5.69. The number of non-ortho nitro benzene ring substituents is 1.